The van der Waals surface area contributed by atoms with Crippen LogP contribution in [0.25, 0.3) is 0 Å². The van der Waals surface area contributed by atoms with Gasteiger partial charge in [0.05, 0.1) is 12.6 Å². The number of piperidine rings is 2. The molecule has 1 unspecified atom stereocenters. The van der Waals surface area contributed by atoms with Crippen molar-refractivity contribution in [1.82, 2.24) is 9.62 Å². The predicted octanol–water partition coefficient (Wildman–Crippen LogP) is 2.76. The standard InChI is InChI=1S/C19H29N3O4S.ClH/c1-2-26-17-10-9-15(21-19(23)16-8-4-5-11-20-16)14-18(17)27(24,25)22-12-6-3-7-13-22;/h9-10,14,16,20H,2-8,11-13H2,1H3,(H,21,23);1H. The third-order valence-electron chi connectivity index (χ3n) is 5.07. The summed E-state index contributed by atoms with van der Waals surface area (Å²) in [6, 6.07) is 4.62. The number of amides is 1. The number of nitrogens with one attached hydrogen (secondary N) is 2. The molecule has 2 heterocycles. The minimum absolute atomic E-state index is 0. The van der Waals surface area contributed by atoms with Crippen LogP contribution in [-0.2, 0) is 14.8 Å². The molecule has 1 atom stereocenters. The van der Waals surface area contributed by atoms with Gasteiger partial charge in [-0.05, 0) is 57.4 Å². The van der Waals surface area contributed by atoms with Gasteiger partial charge in [-0.2, -0.15) is 4.31 Å². The van der Waals surface area contributed by atoms with Gasteiger partial charge in [0.2, 0.25) is 15.9 Å². The fourth-order valence-corrected chi connectivity index (χ4v) is 5.29. The van der Waals surface area contributed by atoms with Gasteiger partial charge in [0.15, 0.2) is 0 Å². The van der Waals surface area contributed by atoms with E-state index in [2.05, 4.69) is 10.6 Å². The van der Waals surface area contributed by atoms with Crippen molar-refractivity contribution in [3.05, 3.63) is 18.2 Å². The Morgan fingerprint density at radius 3 is 2.61 bits per heavy atom. The SMILES string of the molecule is CCOc1ccc(NC(=O)C2CCCCN2)cc1S(=O)(=O)N1CCCCC1.Cl. The van der Waals surface area contributed by atoms with Crippen LogP contribution in [-0.4, -0.2) is 50.9 Å². The number of hydrogen-bond acceptors (Lipinski definition) is 5. The van der Waals surface area contributed by atoms with Crippen LogP contribution >= 0.6 is 12.4 Å². The summed E-state index contributed by atoms with van der Waals surface area (Å²) < 4.78 is 33.4. The molecule has 2 N–H and O–H groups in total. The largest absolute Gasteiger partial charge is 0.492 e. The van der Waals surface area contributed by atoms with Crippen LogP contribution in [0.15, 0.2) is 23.1 Å². The smallest absolute Gasteiger partial charge is 0.246 e. The Labute approximate surface area is 173 Å². The summed E-state index contributed by atoms with van der Waals surface area (Å²) in [6.45, 7) is 4.07. The second-order valence-electron chi connectivity index (χ2n) is 7.05. The molecule has 0 saturated carbocycles. The van der Waals surface area contributed by atoms with Gasteiger partial charge in [0, 0.05) is 18.8 Å². The number of nitrogens with zero attached hydrogens (tertiary/aromatic N) is 1. The van der Waals surface area contributed by atoms with Crippen LogP contribution in [0.4, 0.5) is 5.69 Å². The molecule has 2 aliphatic rings. The number of benzene rings is 1. The van der Waals surface area contributed by atoms with Gasteiger partial charge < -0.3 is 15.4 Å². The van der Waals surface area contributed by atoms with Crippen LogP contribution in [0, 0.1) is 0 Å². The van der Waals surface area contributed by atoms with E-state index < -0.39 is 10.0 Å². The molecule has 7 nitrogen and oxygen atoms in total. The maximum absolute atomic E-state index is 13.1. The monoisotopic (exact) mass is 431 g/mol. The van der Waals surface area contributed by atoms with Crippen molar-refractivity contribution in [3.63, 3.8) is 0 Å². The van der Waals surface area contributed by atoms with Gasteiger partial charge in [-0.1, -0.05) is 12.8 Å². The summed E-state index contributed by atoms with van der Waals surface area (Å²) in [5.41, 5.74) is 0.478. The summed E-state index contributed by atoms with van der Waals surface area (Å²) >= 11 is 0. The second kappa shape index (κ2) is 10.4. The van der Waals surface area contributed by atoms with Gasteiger partial charge in [-0.25, -0.2) is 8.42 Å². The Kier molecular flexibility index (Phi) is 8.55. The molecule has 1 aromatic carbocycles. The summed E-state index contributed by atoms with van der Waals surface area (Å²) in [5, 5.41) is 6.06. The summed E-state index contributed by atoms with van der Waals surface area (Å²) in [6.07, 6.45) is 5.67. The Hall–Kier alpha value is -1.35. The Morgan fingerprint density at radius 2 is 1.96 bits per heavy atom. The summed E-state index contributed by atoms with van der Waals surface area (Å²) in [5.74, 6) is 0.206. The van der Waals surface area contributed by atoms with Crippen molar-refractivity contribution in [2.24, 2.45) is 0 Å². The average molecular weight is 432 g/mol. The van der Waals surface area contributed by atoms with Gasteiger partial charge in [0.1, 0.15) is 10.6 Å². The van der Waals surface area contributed by atoms with E-state index in [9.17, 15) is 13.2 Å². The molecule has 2 saturated heterocycles. The number of carbonyl (C=O) groups is 1. The third kappa shape index (κ3) is 5.37. The first-order valence-electron chi connectivity index (χ1n) is 9.83. The first-order chi connectivity index (χ1) is 13.0. The normalized spacial score (nSPS) is 20.8. The van der Waals surface area contributed by atoms with E-state index in [0.29, 0.717) is 31.1 Å². The van der Waals surface area contributed by atoms with Crippen molar-refractivity contribution in [2.45, 2.75) is 56.4 Å². The Morgan fingerprint density at radius 1 is 1.21 bits per heavy atom. The zero-order valence-corrected chi connectivity index (χ0v) is 17.9. The Bertz CT molecular complexity index is 760. The van der Waals surface area contributed by atoms with Gasteiger partial charge in [-0.3, -0.25) is 4.79 Å². The highest BCUT2D eigenvalue weighted by Crippen LogP contribution is 2.31. The zero-order chi connectivity index (χ0) is 19.3. The van der Waals surface area contributed by atoms with E-state index in [-0.39, 0.29) is 29.3 Å². The fraction of sp³-hybridized carbons (Fsp3) is 0.632. The number of halogens is 1. The molecule has 2 aliphatic heterocycles. The van der Waals surface area contributed by atoms with E-state index in [0.717, 1.165) is 45.1 Å². The average Bonchev–Trinajstić information content (AvgIpc) is 2.70. The van der Waals surface area contributed by atoms with Crippen molar-refractivity contribution in [1.29, 1.82) is 0 Å². The summed E-state index contributed by atoms with van der Waals surface area (Å²) in [7, 11) is -3.66. The van der Waals surface area contributed by atoms with Crippen LogP contribution in [0.3, 0.4) is 0 Å². The topological polar surface area (TPSA) is 87.7 Å². The van der Waals surface area contributed by atoms with Crippen molar-refractivity contribution >= 4 is 34.0 Å². The molecule has 0 radical (unpaired) electrons. The lowest BCUT2D eigenvalue weighted by Crippen LogP contribution is -2.43. The fourth-order valence-electron chi connectivity index (χ4n) is 3.61. The molecule has 28 heavy (non-hydrogen) atoms. The molecular weight excluding hydrogens is 402 g/mol. The molecule has 3 rings (SSSR count). The maximum atomic E-state index is 13.1. The van der Waals surface area contributed by atoms with Crippen LogP contribution in [0.2, 0.25) is 0 Å². The molecule has 9 heteroatoms. The van der Waals surface area contributed by atoms with E-state index in [1.165, 1.54) is 10.4 Å². The van der Waals surface area contributed by atoms with Crippen molar-refractivity contribution in [2.75, 3.05) is 31.6 Å². The first-order valence-corrected chi connectivity index (χ1v) is 11.3. The number of carbonyl (C=O) groups excluding carboxylic acids is 1. The molecular formula is C19H30ClN3O4S. The van der Waals surface area contributed by atoms with Crippen molar-refractivity contribution < 1.29 is 17.9 Å². The molecule has 0 aromatic heterocycles. The van der Waals surface area contributed by atoms with E-state index in [1.54, 1.807) is 12.1 Å². The number of ether oxygens (including phenoxy) is 1. The Balaban J connectivity index is 0.00000280. The molecule has 0 bridgehead atoms. The molecule has 1 aromatic rings. The zero-order valence-electron chi connectivity index (χ0n) is 16.3. The minimum Gasteiger partial charge on any atom is -0.492 e. The number of anilines is 1. The van der Waals surface area contributed by atoms with Crippen molar-refractivity contribution in [3.8, 4) is 5.75 Å². The lowest BCUT2D eigenvalue weighted by molar-refractivity contribution is -0.118. The van der Waals surface area contributed by atoms with E-state index >= 15 is 0 Å². The molecule has 2 fully saturated rings. The van der Waals surface area contributed by atoms with E-state index in [4.69, 9.17) is 4.74 Å². The number of sulfonamides is 1. The molecule has 158 valence electrons. The first kappa shape index (κ1) is 22.9. The maximum Gasteiger partial charge on any atom is 0.246 e. The summed E-state index contributed by atoms with van der Waals surface area (Å²) in [4.78, 5) is 12.6. The second-order valence-corrected chi connectivity index (χ2v) is 8.96. The minimum atomic E-state index is -3.66. The number of rotatable bonds is 6. The number of hydrogen-bond donors (Lipinski definition) is 2. The molecule has 0 aliphatic carbocycles. The van der Waals surface area contributed by atoms with Crippen LogP contribution in [0.5, 0.6) is 5.75 Å². The highest BCUT2D eigenvalue weighted by Gasteiger charge is 2.30. The van der Waals surface area contributed by atoms with Gasteiger partial charge >= 0.3 is 0 Å². The van der Waals surface area contributed by atoms with E-state index in [1.807, 2.05) is 6.92 Å². The third-order valence-corrected chi connectivity index (χ3v) is 6.99. The van der Waals surface area contributed by atoms with Crippen LogP contribution < -0.4 is 15.4 Å². The quantitative estimate of drug-likeness (QED) is 0.723. The lowest BCUT2D eigenvalue weighted by atomic mass is 10.0. The molecule has 0 spiro atoms. The van der Waals surface area contributed by atoms with Gasteiger partial charge in [0.25, 0.3) is 0 Å². The van der Waals surface area contributed by atoms with Crippen LogP contribution in [0.1, 0.15) is 45.4 Å². The predicted molar refractivity (Wildman–Crippen MR) is 112 cm³/mol. The highest BCUT2D eigenvalue weighted by molar-refractivity contribution is 7.89. The van der Waals surface area contributed by atoms with Gasteiger partial charge in [-0.15, -0.1) is 12.4 Å². The molecule has 1 amide bonds. The highest BCUT2D eigenvalue weighted by atomic mass is 35.5. The lowest BCUT2D eigenvalue weighted by Gasteiger charge is -2.27.